The molecule has 20 heavy (non-hydrogen) atoms. The van der Waals surface area contributed by atoms with Gasteiger partial charge >= 0.3 is 0 Å². The zero-order valence-corrected chi connectivity index (χ0v) is 14.1. The van der Waals surface area contributed by atoms with Gasteiger partial charge in [0.05, 0.1) is 4.90 Å². The number of nitrogens with two attached hydrogens (primary N) is 1. The van der Waals surface area contributed by atoms with E-state index in [4.69, 9.17) is 5.73 Å². The van der Waals surface area contributed by atoms with Gasteiger partial charge in [0.2, 0.25) is 10.0 Å². The highest BCUT2D eigenvalue weighted by atomic mass is 32.2. The standard InChI is InChI=1S/C13H25N3O2S2/c1-4-6-16-9-13(7-12(16)8-14)20(17,18)15-11(3)10-19-5-2/h7,9,11,15H,4-6,8,10,14H2,1-3H3. The fraction of sp³-hybridized carbons (Fsp3) is 0.692. The lowest BCUT2D eigenvalue weighted by molar-refractivity contribution is 0.570. The third kappa shape index (κ3) is 4.80. The highest BCUT2D eigenvalue weighted by Crippen LogP contribution is 2.16. The molecular formula is C13H25N3O2S2. The van der Waals surface area contributed by atoms with Crippen LogP contribution in [0.5, 0.6) is 0 Å². The summed E-state index contributed by atoms with van der Waals surface area (Å²) in [5.41, 5.74) is 6.51. The van der Waals surface area contributed by atoms with E-state index in [-0.39, 0.29) is 6.04 Å². The van der Waals surface area contributed by atoms with Gasteiger partial charge in [0, 0.05) is 36.8 Å². The van der Waals surface area contributed by atoms with Gasteiger partial charge in [-0.1, -0.05) is 13.8 Å². The molecule has 116 valence electrons. The molecule has 1 heterocycles. The molecule has 1 aromatic rings. The van der Waals surface area contributed by atoms with Gasteiger partial charge in [0.25, 0.3) is 0 Å². The zero-order chi connectivity index (χ0) is 15.2. The van der Waals surface area contributed by atoms with Crippen LogP contribution >= 0.6 is 11.8 Å². The van der Waals surface area contributed by atoms with Gasteiger partial charge in [-0.05, 0) is 25.2 Å². The lowest BCUT2D eigenvalue weighted by Gasteiger charge is -2.12. The molecule has 0 aliphatic rings. The van der Waals surface area contributed by atoms with Crippen molar-refractivity contribution in [3.8, 4) is 0 Å². The number of thioether (sulfide) groups is 1. The molecule has 1 unspecified atom stereocenters. The Balaban J connectivity index is 2.86. The molecule has 0 fully saturated rings. The van der Waals surface area contributed by atoms with Gasteiger partial charge in [0.15, 0.2) is 0 Å². The number of sulfonamides is 1. The second-order valence-corrected chi connectivity index (χ2v) is 7.78. The summed E-state index contributed by atoms with van der Waals surface area (Å²) in [6.45, 7) is 7.12. The van der Waals surface area contributed by atoms with E-state index in [1.54, 1.807) is 24.0 Å². The number of nitrogens with one attached hydrogen (secondary N) is 1. The highest BCUT2D eigenvalue weighted by Gasteiger charge is 2.20. The Morgan fingerprint density at radius 2 is 2.15 bits per heavy atom. The van der Waals surface area contributed by atoms with Crippen molar-refractivity contribution in [3.63, 3.8) is 0 Å². The summed E-state index contributed by atoms with van der Waals surface area (Å²) in [5, 5.41) is 0. The van der Waals surface area contributed by atoms with Crippen LogP contribution < -0.4 is 10.5 Å². The molecule has 0 radical (unpaired) electrons. The quantitative estimate of drug-likeness (QED) is 0.727. The topological polar surface area (TPSA) is 77.1 Å². The maximum absolute atomic E-state index is 12.3. The Kier molecular flexibility index (Phi) is 7.08. The molecule has 7 heteroatoms. The maximum atomic E-state index is 12.3. The van der Waals surface area contributed by atoms with Crippen molar-refractivity contribution in [2.24, 2.45) is 5.73 Å². The first-order chi connectivity index (χ1) is 9.44. The zero-order valence-electron chi connectivity index (χ0n) is 12.4. The summed E-state index contributed by atoms with van der Waals surface area (Å²) in [7, 11) is -3.46. The molecule has 0 aliphatic heterocycles. The van der Waals surface area contributed by atoms with Gasteiger partial charge in [-0.3, -0.25) is 0 Å². The molecule has 0 aromatic carbocycles. The average molecular weight is 319 g/mol. The van der Waals surface area contributed by atoms with Crippen molar-refractivity contribution in [1.82, 2.24) is 9.29 Å². The molecule has 5 nitrogen and oxygen atoms in total. The van der Waals surface area contributed by atoms with Gasteiger partial charge in [-0.25, -0.2) is 13.1 Å². The van der Waals surface area contributed by atoms with E-state index >= 15 is 0 Å². The summed E-state index contributed by atoms with van der Waals surface area (Å²) in [5.74, 6) is 1.76. The van der Waals surface area contributed by atoms with Crippen LogP contribution in [0.25, 0.3) is 0 Å². The molecule has 0 saturated heterocycles. The minimum absolute atomic E-state index is 0.0826. The minimum atomic E-state index is -3.46. The van der Waals surface area contributed by atoms with Crippen LogP contribution in [0.15, 0.2) is 17.2 Å². The van der Waals surface area contributed by atoms with Crippen molar-refractivity contribution in [2.45, 2.75) is 51.2 Å². The van der Waals surface area contributed by atoms with Crippen LogP contribution in [0.4, 0.5) is 0 Å². The number of hydrogen-bond donors (Lipinski definition) is 2. The van der Waals surface area contributed by atoms with Gasteiger partial charge in [-0.2, -0.15) is 11.8 Å². The minimum Gasteiger partial charge on any atom is -0.349 e. The monoisotopic (exact) mass is 319 g/mol. The lowest BCUT2D eigenvalue weighted by Crippen LogP contribution is -2.34. The third-order valence-electron chi connectivity index (χ3n) is 2.87. The first-order valence-electron chi connectivity index (χ1n) is 6.93. The van der Waals surface area contributed by atoms with Crippen LogP contribution in [0.3, 0.4) is 0 Å². The molecule has 1 atom stereocenters. The van der Waals surface area contributed by atoms with Crippen LogP contribution in [0, 0.1) is 0 Å². The Labute approximate surface area is 126 Å². The second-order valence-electron chi connectivity index (χ2n) is 4.75. The van der Waals surface area contributed by atoms with Crippen molar-refractivity contribution in [1.29, 1.82) is 0 Å². The van der Waals surface area contributed by atoms with Crippen LogP contribution in [-0.2, 0) is 23.1 Å². The van der Waals surface area contributed by atoms with Crippen molar-refractivity contribution in [2.75, 3.05) is 11.5 Å². The molecule has 0 saturated carbocycles. The van der Waals surface area contributed by atoms with E-state index in [2.05, 4.69) is 18.6 Å². The predicted octanol–water partition coefficient (Wildman–Crippen LogP) is 1.78. The normalized spacial score (nSPS) is 13.6. The molecule has 1 aromatic heterocycles. The highest BCUT2D eigenvalue weighted by molar-refractivity contribution is 7.99. The molecule has 3 N–H and O–H groups in total. The van der Waals surface area contributed by atoms with Crippen LogP contribution in [-0.4, -0.2) is 30.5 Å². The number of hydrogen-bond acceptors (Lipinski definition) is 4. The smallest absolute Gasteiger partial charge is 0.242 e. The van der Waals surface area contributed by atoms with Gasteiger partial charge < -0.3 is 10.3 Å². The van der Waals surface area contributed by atoms with Crippen molar-refractivity contribution >= 4 is 21.8 Å². The molecule has 0 aliphatic carbocycles. The first-order valence-corrected chi connectivity index (χ1v) is 9.57. The van der Waals surface area contributed by atoms with Gasteiger partial charge in [0.1, 0.15) is 0 Å². The number of rotatable bonds is 9. The van der Waals surface area contributed by atoms with Crippen LogP contribution in [0.1, 0.15) is 32.9 Å². The van der Waals surface area contributed by atoms with E-state index in [0.717, 1.165) is 30.2 Å². The van der Waals surface area contributed by atoms with Gasteiger partial charge in [-0.15, -0.1) is 0 Å². The van der Waals surface area contributed by atoms with E-state index in [1.807, 2.05) is 11.5 Å². The average Bonchev–Trinajstić information content (AvgIpc) is 2.80. The molecule has 0 bridgehead atoms. The Bertz CT molecular complexity index is 512. The Morgan fingerprint density at radius 3 is 2.70 bits per heavy atom. The first kappa shape index (κ1) is 17.6. The lowest BCUT2D eigenvalue weighted by atomic mass is 10.4. The fourth-order valence-corrected chi connectivity index (χ4v) is 4.04. The third-order valence-corrected chi connectivity index (χ3v) is 5.57. The van der Waals surface area contributed by atoms with Crippen molar-refractivity contribution < 1.29 is 8.42 Å². The maximum Gasteiger partial charge on any atom is 0.242 e. The summed E-state index contributed by atoms with van der Waals surface area (Å²) in [6.07, 6.45) is 2.62. The van der Waals surface area contributed by atoms with E-state index in [9.17, 15) is 8.42 Å². The summed E-state index contributed by atoms with van der Waals surface area (Å²) >= 11 is 1.72. The number of aromatic nitrogens is 1. The molecule has 0 amide bonds. The summed E-state index contributed by atoms with van der Waals surface area (Å²) in [4.78, 5) is 0.305. The number of aryl methyl sites for hydroxylation is 1. The SMILES string of the molecule is CCCn1cc(S(=O)(=O)NC(C)CSCC)cc1CN. The summed E-state index contributed by atoms with van der Waals surface area (Å²) < 4.78 is 29.3. The van der Waals surface area contributed by atoms with E-state index in [1.165, 1.54) is 0 Å². The Hall–Kier alpha value is -0.500. The van der Waals surface area contributed by atoms with E-state index < -0.39 is 10.0 Å². The summed E-state index contributed by atoms with van der Waals surface area (Å²) in [6, 6.07) is 1.58. The fourth-order valence-electron chi connectivity index (χ4n) is 1.95. The Morgan fingerprint density at radius 1 is 1.45 bits per heavy atom. The van der Waals surface area contributed by atoms with Crippen LogP contribution in [0.2, 0.25) is 0 Å². The molecule has 0 spiro atoms. The number of nitrogens with zero attached hydrogens (tertiary/aromatic N) is 1. The van der Waals surface area contributed by atoms with E-state index in [0.29, 0.717) is 11.4 Å². The largest absolute Gasteiger partial charge is 0.349 e. The second kappa shape index (κ2) is 8.07. The molecule has 1 rings (SSSR count). The molecular weight excluding hydrogens is 294 g/mol. The predicted molar refractivity (Wildman–Crippen MR) is 85.4 cm³/mol. The van der Waals surface area contributed by atoms with Crippen molar-refractivity contribution in [3.05, 3.63) is 18.0 Å².